The molecule has 16 heterocycles. The highest BCUT2D eigenvalue weighted by atomic mass is 35.5. The number of nitrogens with zero attached hydrogens (tertiary/aromatic N) is 16. The number of anilines is 4. The van der Waals surface area contributed by atoms with Gasteiger partial charge in [-0.3, -0.25) is 19.2 Å². The van der Waals surface area contributed by atoms with Crippen LogP contribution in [-0.4, -0.2) is 256 Å². The minimum absolute atomic E-state index is 0.0343. The number of aromatic amines is 4. The van der Waals surface area contributed by atoms with Gasteiger partial charge in [0.05, 0.1) is 63.6 Å². The number of fused-ring (bicyclic) bond motifs is 4. The summed E-state index contributed by atoms with van der Waals surface area (Å²) < 4.78 is 212. The lowest BCUT2D eigenvalue weighted by molar-refractivity contribution is -0.139. The fourth-order valence-electron chi connectivity index (χ4n) is 15.1. The molecule has 12 aromatic rings. The molecule has 0 saturated carbocycles. The minimum Gasteiger partial charge on any atom is -0.380 e. The fraction of sp³-hybridized carbons (Fsp3) is 0.383. The van der Waals surface area contributed by atoms with Crippen molar-refractivity contribution in [2.45, 2.75) is 119 Å². The van der Waals surface area contributed by atoms with Crippen LogP contribution in [0.25, 0.3) is 89.7 Å². The second-order valence-electron chi connectivity index (χ2n) is 30.1. The van der Waals surface area contributed by atoms with Crippen LogP contribution in [0.1, 0.15) is 46.0 Å². The van der Waals surface area contributed by atoms with Crippen molar-refractivity contribution in [1.29, 1.82) is 0 Å². The number of hydrogen-bond acceptors (Lipinski definition) is 24. The topological polar surface area (TPSA) is 387 Å². The summed E-state index contributed by atoms with van der Waals surface area (Å²) in [6.07, 6.45) is 0.113. The SMILES string of the molecule is C=CCOC1C[C@H](C(=O)NCC(F)(F)F)N(c2nc(-c3c[nH]c4ncc(Cl)cc34)ncc2F)C1.CCCNC1C[C@H](C(=O)NCC(F)(F)F)N(c2nc(-c3c[nH]c4ncc(Cl)cc34)ncc2F)C1.CCOC1C[C@H](C(=O)NCC(F)(F)F)N(c2nc(-c3c[nH]c4ncc(Cl)cc34)ncc2F)C1.COC1C[C@H](C(=O)NCC(F)(F)F)N(c2ccnc(-c3c[nH]c4ncc(Cl)cc34)n2)C1. The van der Waals surface area contributed by atoms with Crippen molar-refractivity contribution in [3.63, 3.8) is 0 Å². The van der Waals surface area contributed by atoms with Crippen molar-refractivity contribution in [2.75, 3.05) is 98.8 Å². The third-order valence-corrected chi connectivity index (χ3v) is 21.7. The molecule has 4 unspecified atom stereocenters. The van der Waals surface area contributed by atoms with Gasteiger partial charge in [0.15, 0.2) is 58.2 Å². The summed E-state index contributed by atoms with van der Waals surface area (Å²) in [6, 6.07) is 3.95. The van der Waals surface area contributed by atoms with E-state index < -0.39 is 128 Å². The van der Waals surface area contributed by atoms with E-state index in [4.69, 9.17) is 60.6 Å². The summed E-state index contributed by atoms with van der Waals surface area (Å²) in [6.45, 7) is 3.16. The molecule has 9 N–H and O–H groups in total. The standard InChI is InChI=1S/C21H22ClF4N7O.C21H19ClF4N6O2.C20H19ClF4N6O2.C19H18ClF3N6O2/c1-2-3-27-12-5-16(20(34)31-10-21(24,25)26)33(9-12)19-15(23)8-30-18(32-19)14-7-29-17-13(14)4-11(22)6-28-17;1-2-3-34-12-5-16(20(33)30-10-21(24,25)26)32(9-12)19-15(23)8-29-18(31-19)14-7-28-17-13(14)4-11(22)6-27-17;1-2-33-11-4-15(19(32)29-9-20(23,24)25)31(8-11)18-14(22)7-28-17(30-18)13-6-27-16-12(13)3-10(21)5-26-16;1-31-11-5-14(18(30)27-9-19(21,22)23)29(8-11)15-2-3-24-17(28-15)13-7-26-16-12(13)4-10(20)6-25-16/h4,6-8,12,16,27H,2-3,5,9-10H2,1H3,(H,28,29)(H,31,34);2,4,6-8,12,16H,1,3,5,9-10H2,(H,27,28)(H,30,33);3,5-7,11,15H,2,4,8-9H2,1H3,(H,26,27)(H,29,32);2-4,6-7,11,14H,5,8-9H2,1H3,(H,25,26)(H,27,30)/t2*12?,16-;11?,15-;11?,14-/m1111/s1. The summed E-state index contributed by atoms with van der Waals surface area (Å²) in [4.78, 5) is 119. The van der Waals surface area contributed by atoms with Crippen LogP contribution in [0, 0.1) is 17.5 Å². The Labute approximate surface area is 757 Å². The molecule has 132 heavy (non-hydrogen) atoms. The number of H-pyrrole nitrogens is 4. The number of alkyl halides is 12. The summed E-state index contributed by atoms with van der Waals surface area (Å²) in [5.41, 5.74) is 4.34. The highest BCUT2D eigenvalue weighted by molar-refractivity contribution is 6.32. The van der Waals surface area contributed by atoms with Crippen molar-refractivity contribution in [2.24, 2.45) is 0 Å². The third kappa shape index (κ3) is 24.2. The Morgan fingerprint density at radius 1 is 0.447 bits per heavy atom. The number of carbonyl (C=O) groups is 4. The maximum absolute atomic E-state index is 14.9. The number of halogens is 19. The van der Waals surface area contributed by atoms with Gasteiger partial charge in [0.1, 0.15) is 78.8 Å². The van der Waals surface area contributed by atoms with Crippen molar-refractivity contribution < 1.29 is 99.2 Å². The molecule has 0 bridgehead atoms. The van der Waals surface area contributed by atoms with Gasteiger partial charge in [-0.05, 0) is 56.6 Å². The number of aromatic nitrogens is 16. The Kier molecular flexibility index (Phi) is 30.8. The molecule has 702 valence electrons. The number of carbonyl (C=O) groups excluding carboxylic acids is 4. The first kappa shape index (κ1) is 97.4. The lowest BCUT2D eigenvalue weighted by Crippen LogP contribution is -2.46. The average molecular weight is 1940 g/mol. The molecule has 51 heteroatoms. The van der Waals surface area contributed by atoms with E-state index in [-0.39, 0.29) is 99.0 Å². The van der Waals surface area contributed by atoms with E-state index >= 15 is 0 Å². The van der Waals surface area contributed by atoms with Crippen molar-refractivity contribution >= 4 is 137 Å². The van der Waals surface area contributed by atoms with Gasteiger partial charge < -0.3 is 80.3 Å². The maximum atomic E-state index is 14.9. The summed E-state index contributed by atoms with van der Waals surface area (Å²) >= 11 is 24.2. The number of ether oxygens (including phenoxy) is 3. The first-order valence-electron chi connectivity index (χ1n) is 40.2. The van der Waals surface area contributed by atoms with Gasteiger partial charge in [0.2, 0.25) is 23.6 Å². The molecule has 0 spiro atoms. The number of rotatable bonds is 25. The van der Waals surface area contributed by atoms with Crippen LogP contribution >= 0.6 is 46.4 Å². The van der Waals surface area contributed by atoms with Crippen LogP contribution in [-0.2, 0) is 33.4 Å². The van der Waals surface area contributed by atoms with Gasteiger partial charge in [-0.15, -0.1) is 6.58 Å². The van der Waals surface area contributed by atoms with Crippen LogP contribution in [0.5, 0.6) is 0 Å². The van der Waals surface area contributed by atoms with Gasteiger partial charge >= 0.3 is 24.7 Å². The molecule has 4 aliphatic heterocycles. The molecule has 0 radical (unpaired) electrons. The Bertz CT molecular complexity index is 6130. The zero-order chi connectivity index (χ0) is 94.8. The fourth-order valence-corrected chi connectivity index (χ4v) is 15.7. The predicted molar refractivity (Wildman–Crippen MR) is 456 cm³/mol. The lowest BCUT2D eigenvalue weighted by atomic mass is 10.1. The van der Waals surface area contributed by atoms with Gasteiger partial charge in [-0.2, -0.15) is 52.7 Å². The van der Waals surface area contributed by atoms with E-state index in [9.17, 15) is 85.0 Å². The normalized spacial score (nSPS) is 18.7. The molecule has 8 atom stereocenters. The zero-order valence-corrected chi connectivity index (χ0v) is 72.3. The van der Waals surface area contributed by atoms with E-state index in [1.54, 1.807) is 66.9 Å². The number of methoxy groups -OCH3 is 1. The number of nitrogens with one attached hydrogen (secondary N) is 9. The van der Waals surface area contributed by atoms with Crippen LogP contribution in [0.15, 0.2) is 117 Å². The van der Waals surface area contributed by atoms with Gasteiger partial charge in [-0.25, -0.2) is 73.0 Å². The van der Waals surface area contributed by atoms with E-state index in [1.165, 1.54) is 58.9 Å². The minimum atomic E-state index is -4.59. The third-order valence-electron chi connectivity index (χ3n) is 20.9. The molecule has 0 aliphatic carbocycles. The Hall–Kier alpha value is -12.2. The first-order chi connectivity index (χ1) is 62.7. The maximum Gasteiger partial charge on any atom is 0.405 e. The van der Waals surface area contributed by atoms with Crippen LogP contribution in [0.2, 0.25) is 20.1 Å². The van der Waals surface area contributed by atoms with Crippen LogP contribution in [0.4, 0.5) is 89.1 Å². The van der Waals surface area contributed by atoms with Gasteiger partial charge in [0, 0.05) is 165 Å². The average Bonchev–Trinajstić information content (AvgIpc) is 1.61. The largest absolute Gasteiger partial charge is 0.405 e. The van der Waals surface area contributed by atoms with Gasteiger partial charge in [0.25, 0.3) is 0 Å². The number of pyridine rings is 4. The molecule has 4 saturated heterocycles. The van der Waals surface area contributed by atoms with E-state index in [0.29, 0.717) is 112 Å². The molecule has 0 aromatic carbocycles. The molecule has 4 fully saturated rings. The Morgan fingerprint density at radius 3 is 1.11 bits per heavy atom. The van der Waals surface area contributed by atoms with Crippen LogP contribution < -0.4 is 46.2 Å². The van der Waals surface area contributed by atoms with E-state index in [1.807, 2.05) is 28.2 Å². The van der Waals surface area contributed by atoms with E-state index in [2.05, 4.69) is 91.6 Å². The second-order valence-corrected chi connectivity index (χ2v) is 31.9. The van der Waals surface area contributed by atoms with Crippen LogP contribution in [0.3, 0.4) is 0 Å². The smallest absolute Gasteiger partial charge is 0.380 e. The quantitative estimate of drug-likeness (QED) is 0.0189. The molecule has 32 nitrogen and oxygen atoms in total. The predicted octanol–water partition coefficient (Wildman–Crippen LogP) is 13.5. The highest BCUT2D eigenvalue weighted by Gasteiger charge is 2.46. The Morgan fingerprint density at radius 2 is 0.773 bits per heavy atom. The monoisotopic (exact) mass is 1940 g/mol. The van der Waals surface area contributed by atoms with Gasteiger partial charge in [-0.1, -0.05) is 59.4 Å². The van der Waals surface area contributed by atoms with E-state index in [0.717, 1.165) is 30.4 Å². The number of hydrogen-bond donors (Lipinski definition) is 9. The summed E-state index contributed by atoms with van der Waals surface area (Å²) in [5, 5.41) is 15.0. The Balaban J connectivity index is 0.000000150. The molecule has 4 aliphatic rings. The molecular formula is C81H78Cl4F15N25O7. The molecule has 12 aromatic heterocycles. The van der Waals surface area contributed by atoms with Crippen molar-refractivity contribution in [3.8, 4) is 45.6 Å². The summed E-state index contributed by atoms with van der Waals surface area (Å²) in [7, 11) is 1.49. The van der Waals surface area contributed by atoms with Crippen molar-refractivity contribution in [3.05, 3.63) is 155 Å². The summed E-state index contributed by atoms with van der Waals surface area (Å²) in [5.74, 6) is -5.25. The highest BCUT2D eigenvalue weighted by Crippen LogP contribution is 2.39. The lowest BCUT2D eigenvalue weighted by Gasteiger charge is -2.25. The second kappa shape index (κ2) is 41.7. The molecule has 16 rings (SSSR count). The molecule has 4 amide bonds. The van der Waals surface area contributed by atoms with Crippen molar-refractivity contribution in [1.82, 2.24) is 106 Å². The first-order valence-corrected chi connectivity index (χ1v) is 41.7. The molecular weight excluding hydrogens is 1860 g/mol. The number of amides is 4. The zero-order valence-electron chi connectivity index (χ0n) is 69.2.